The third-order valence-corrected chi connectivity index (χ3v) is 2.96. The maximum Gasteiger partial charge on any atom is 0.101 e. The number of nitrogens with one attached hydrogen (secondary N) is 1. The molecule has 1 atom stereocenters. The third-order valence-electron chi connectivity index (χ3n) is 2.06. The van der Waals surface area contributed by atoms with Gasteiger partial charge in [-0.2, -0.15) is 0 Å². The van der Waals surface area contributed by atoms with Crippen LogP contribution < -0.4 is 5.32 Å². The molecule has 0 aromatic carbocycles. The van der Waals surface area contributed by atoms with Gasteiger partial charge in [0.15, 0.2) is 0 Å². The minimum absolute atomic E-state index is 0.391. The minimum Gasteiger partial charge on any atom is -0.310 e. The van der Waals surface area contributed by atoms with Gasteiger partial charge in [0.25, 0.3) is 0 Å². The maximum absolute atomic E-state index is 4.39. The van der Waals surface area contributed by atoms with E-state index in [1.54, 1.807) is 11.8 Å². The Morgan fingerprint density at radius 1 is 1.50 bits per heavy atom. The molecular weight excluding hydrogens is 192 g/mol. The SMILES string of the molecule is CCNC(C)c1cccnc1SCC. The standard InChI is InChI=1S/C11H18N2S/c1-4-12-9(3)10-7-6-8-13-11(10)14-5-2/h6-9,12H,4-5H2,1-3H3. The van der Waals surface area contributed by atoms with Crippen molar-refractivity contribution in [1.29, 1.82) is 0 Å². The Kier molecular flexibility index (Phi) is 4.98. The Bertz CT molecular complexity index is 276. The lowest BCUT2D eigenvalue weighted by Crippen LogP contribution is -2.18. The van der Waals surface area contributed by atoms with Crippen molar-refractivity contribution >= 4 is 11.8 Å². The summed E-state index contributed by atoms with van der Waals surface area (Å²) in [5, 5.41) is 4.56. The van der Waals surface area contributed by atoms with Gasteiger partial charge in [-0.15, -0.1) is 11.8 Å². The van der Waals surface area contributed by atoms with Crippen molar-refractivity contribution in [2.45, 2.75) is 31.8 Å². The van der Waals surface area contributed by atoms with E-state index < -0.39 is 0 Å². The molecule has 1 rings (SSSR count). The van der Waals surface area contributed by atoms with Crippen LogP contribution in [-0.4, -0.2) is 17.3 Å². The highest BCUT2D eigenvalue weighted by molar-refractivity contribution is 7.99. The van der Waals surface area contributed by atoms with Crippen LogP contribution >= 0.6 is 11.8 Å². The van der Waals surface area contributed by atoms with Gasteiger partial charge in [0.2, 0.25) is 0 Å². The lowest BCUT2D eigenvalue weighted by atomic mass is 10.1. The van der Waals surface area contributed by atoms with E-state index in [4.69, 9.17) is 0 Å². The van der Waals surface area contributed by atoms with Crippen LogP contribution in [0.5, 0.6) is 0 Å². The van der Waals surface area contributed by atoms with Crippen LogP contribution in [0.15, 0.2) is 23.4 Å². The lowest BCUT2D eigenvalue weighted by Gasteiger charge is -2.15. The van der Waals surface area contributed by atoms with Crippen molar-refractivity contribution in [3.63, 3.8) is 0 Å². The smallest absolute Gasteiger partial charge is 0.101 e. The molecule has 2 nitrogen and oxygen atoms in total. The van der Waals surface area contributed by atoms with Gasteiger partial charge in [0, 0.05) is 17.8 Å². The number of pyridine rings is 1. The number of aromatic nitrogens is 1. The molecule has 0 amide bonds. The Labute approximate surface area is 90.5 Å². The first-order valence-corrected chi connectivity index (χ1v) is 6.09. The minimum atomic E-state index is 0.391. The van der Waals surface area contributed by atoms with Gasteiger partial charge < -0.3 is 5.32 Å². The molecule has 14 heavy (non-hydrogen) atoms. The van der Waals surface area contributed by atoms with E-state index in [0.717, 1.165) is 17.3 Å². The molecule has 0 saturated carbocycles. The second-order valence-electron chi connectivity index (χ2n) is 3.11. The molecule has 3 heteroatoms. The molecule has 1 aromatic heterocycles. The second kappa shape index (κ2) is 6.04. The number of nitrogens with zero attached hydrogens (tertiary/aromatic N) is 1. The zero-order valence-electron chi connectivity index (χ0n) is 9.08. The van der Waals surface area contributed by atoms with Gasteiger partial charge in [-0.25, -0.2) is 4.98 Å². The van der Waals surface area contributed by atoms with Crippen LogP contribution in [0.1, 0.15) is 32.4 Å². The first-order chi connectivity index (χ1) is 6.79. The van der Waals surface area contributed by atoms with Gasteiger partial charge in [-0.3, -0.25) is 0 Å². The Morgan fingerprint density at radius 3 is 2.93 bits per heavy atom. The van der Waals surface area contributed by atoms with Crippen LogP contribution in [0.4, 0.5) is 0 Å². The van der Waals surface area contributed by atoms with Crippen LogP contribution in [0, 0.1) is 0 Å². The number of hydrogen-bond donors (Lipinski definition) is 1. The largest absolute Gasteiger partial charge is 0.310 e. The van der Waals surface area contributed by atoms with E-state index in [2.05, 4.69) is 37.1 Å². The van der Waals surface area contributed by atoms with E-state index in [1.807, 2.05) is 12.3 Å². The summed E-state index contributed by atoms with van der Waals surface area (Å²) in [7, 11) is 0. The van der Waals surface area contributed by atoms with Crippen molar-refractivity contribution in [2.24, 2.45) is 0 Å². The van der Waals surface area contributed by atoms with E-state index in [1.165, 1.54) is 5.56 Å². The van der Waals surface area contributed by atoms with Gasteiger partial charge in [0.1, 0.15) is 5.03 Å². The fraction of sp³-hybridized carbons (Fsp3) is 0.545. The quantitative estimate of drug-likeness (QED) is 0.756. The van der Waals surface area contributed by atoms with Crippen LogP contribution in [0.2, 0.25) is 0 Å². The Hall–Kier alpha value is -0.540. The van der Waals surface area contributed by atoms with Crippen molar-refractivity contribution in [2.75, 3.05) is 12.3 Å². The van der Waals surface area contributed by atoms with Gasteiger partial charge in [0.05, 0.1) is 0 Å². The highest BCUT2D eigenvalue weighted by Crippen LogP contribution is 2.24. The van der Waals surface area contributed by atoms with Crippen LogP contribution in [0.3, 0.4) is 0 Å². The summed E-state index contributed by atoms with van der Waals surface area (Å²) in [6.45, 7) is 7.45. The Balaban J connectivity index is 2.82. The molecule has 0 bridgehead atoms. The molecule has 0 aliphatic rings. The summed E-state index contributed by atoms with van der Waals surface area (Å²) in [4.78, 5) is 4.39. The highest BCUT2D eigenvalue weighted by atomic mass is 32.2. The van der Waals surface area contributed by atoms with Gasteiger partial charge in [-0.05, 0) is 25.3 Å². The summed E-state index contributed by atoms with van der Waals surface area (Å²) in [6, 6.07) is 4.55. The number of hydrogen-bond acceptors (Lipinski definition) is 3. The molecule has 0 fully saturated rings. The molecule has 78 valence electrons. The van der Waals surface area contributed by atoms with Crippen molar-refractivity contribution in [1.82, 2.24) is 10.3 Å². The van der Waals surface area contributed by atoms with Crippen LogP contribution in [-0.2, 0) is 0 Å². The molecule has 1 heterocycles. The number of thioether (sulfide) groups is 1. The monoisotopic (exact) mass is 210 g/mol. The van der Waals surface area contributed by atoms with Crippen molar-refractivity contribution in [3.05, 3.63) is 23.9 Å². The number of rotatable bonds is 5. The first-order valence-electron chi connectivity index (χ1n) is 5.10. The molecule has 1 N–H and O–H groups in total. The van der Waals surface area contributed by atoms with E-state index in [-0.39, 0.29) is 0 Å². The van der Waals surface area contributed by atoms with E-state index in [0.29, 0.717) is 6.04 Å². The lowest BCUT2D eigenvalue weighted by molar-refractivity contribution is 0.585. The zero-order chi connectivity index (χ0) is 10.4. The van der Waals surface area contributed by atoms with Crippen molar-refractivity contribution in [3.8, 4) is 0 Å². The molecule has 0 spiro atoms. The van der Waals surface area contributed by atoms with Crippen LogP contribution in [0.25, 0.3) is 0 Å². The second-order valence-corrected chi connectivity index (χ2v) is 4.36. The molecule has 0 aliphatic carbocycles. The van der Waals surface area contributed by atoms with Gasteiger partial charge >= 0.3 is 0 Å². The molecule has 1 unspecified atom stereocenters. The fourth-order valence-electron chi connectivity index (χ4n) is 1.41. The predicted octanol–water partition coefficient (Wildman–Crippen LogP) is 2.86. The maximum atomic E-state index is 4.39. The summed E-state index contributed by atoms with van der Waals surface area (Å²) < 4.78 is 0. The average Bonchev–Trinajstić information content (AvgIpc) is 2.19. The average molecular weight is 210 g/mol. The molecule has 0 aliphatic heterocycles. The third kappa shape index (κ3) is 3.00. The topological polar surface area (TPSA) is 24.9 Å². The van der Waals surface area contributed by atoms with Gasteiger partial charge in [-0.1, -0.05) is 19.9 Å². The zero-order valence-corrected chi connectivity index (χ0v) is 9.90. The highest BCUT2D eigenvalue weighted by Gasteiger charge is 2.09. The van der Waals surface area contributed by atoms with E-state index >= 15 is 0 Å². The summed E-state index contributed by atoms with van der Waals surface area (Å²) >= 11 is 1.80. The molecule has 0 radical (unpaired) electrons. The normalized spacial score (nSPS) is 12.8. The Morgan fingerprint density at radius 2 is 2.29 bits per heavy atom. The summed E-state index contributed by atoms with van der Waals surface area (Å²) in [6.07, 6.45) is 1.86. The molecular formula is C11H18N2S. The summed E-state index contributed by atoms with van der Waals surface area (Å²) in [5.41, 5.74) is 1.31. The molecule has 0 saturated heterocycles. The summed E-state index contributed by atoms with van der Waals surface area (Å²) in [5.74, 6) is 1.07. The first kappa shape index (κ1) is 11.5. The fourth-order valence-corrected chi connectivity index (χ4v) is 2.23. The molecule has 1 aromatic rings. The van der Waals surface area contributed by atoms with E-state index in [9.17, 15) is 0 Å². The predicted molar refractivity (Wildman–Crippen MR) is 62.7 cm³/mol. The van der Waals surface area contributed by atoms with Crippen molar-refractivity contribution < 1.29 is 0 Å².